The summed E-state index contributed by atoms with van der Waals surface area (Å²) in [5, 5.41) is 0. The third kappa shape index (κ3) is 3.78. The molecule has 19 heavy (non-hydrogen) atoms. The van der Waals surface area contributed by atoms with Crippen molar-refractivity contribution >= 4 is 31.9 Å². The molecule has 0 radical (unpaired) electrons. The molecular weight excluding hydrogens is 377 g/mol. The highest BCUT2D eigenvalue weighted by Gasteiger charge is 2.14. The van der Waals surface area contributed by atoms with Crippen LogP contribution >= 0.6 is 31.9 Å². The number of halogens is 3. The molecule has 0 saturated heterocycles. The van der Waals surface area contributed by atoms with Crippen molar-refractivity contribution in [1.29, 1.82) is 0 Å². The molecule has 0 fully saturated rings. The highest BCUT2D eigenvalue weighted by Crippen LogP contribution is 2.30. The first-order valence-electron chi connectivity index (χ1n) is 5.67. The quantitative estimate of drug-likeness (QED) is 0.840. The van der Waals surface area contributed by atoms with Crippen molar-refractivity contribution in [2.24, 2.45) is 5.73 Å². The molecule has 5 heteroatoms. The SMILES string of the molecule is NCC(Oc1cc(F)ccc1Br)c1cccc(Br)c1. The van der Waals surface area contributed by atoms with Crippen LogP contribution in [-0.2, 0) is 0 Å². The Morgan fingerprint density at radius 2 is 1.95 bits per heavy atom. The molecule has 2 N–H and O–H groups in total. The standard InChI is InChI=1S/C14H12Br2FNO/c15-10-3-1-2-9(6-10)14(8-18)19-13-7-11(17)4-5-12(13)16/h1-7,14H,8,18H2. The average Bonchev–Trinajstić information content (AvgIpc) is 2.39. The van der Waals surface area contributed by atoms with Crippen molar-refractivity contribution < 1.29 is 9.13 Å². The molecule has 0 saturated carbocycles. The van der Waals surface area contributed by atoms with E-state index < -0.39 is 0 Å². The lowest BCUT2D eigenvalue weighted by molar-refractivity contribution is 0.212. The number of hydrogen-bond donors (Lipinski definition) is 1. The predicted octanol–water partition coefficient (Wildman–Crippen LogP) is 4.43. The van der Waals surface area contributed by atoms with Crippen LogP contribution in [0.2, 0.25) is 0 Å². The first-order chi connectivity index (χ1) is 9.10. The summed E-state index contributed by atoms with van der Waals surface area (Å²) in [6.07, 6.45) is -0.324. The topological polar surface area (TPSA) is 35.2 Å². The molecule has 0 aliphatic heterocycles. The lowest BCUT2D eigenvalue weighted by atomic mass is 10.1. The minimum absolute atomic E-state index is 0.305. The summed E-state index contributed by atoms with van der Waals surface area (Å²) >= 11 is 6.74. The summed E-state index contributed by atoms with van der Waals surface area (Å²) in [4.78, 5) is 0. The van der Waals surface area contributed by atoms with Gasteiger partial charge in [0.1, 0.15) is 17.7 Å². The van der Waals surface area contributed by atoms with Gasteiger partial charge in [0.25, 0.3) is 0 Å². The minimum Gasteiger partial charge on any atom is -0.483 e. The molecule has 0 amide bonds. The minimum atomic E-state index is -0.344. The molecule has 100 valence electrons. The van der Waals surface area contributed by atoms with Crippen LogP contribution in [0.5, 0.6) is 5.75 Å². The summed E-state index contributed by atoms with van der Waals surface area (Å²) in [6.45, 7) is 0.305. The van der Waals surface area contributed by atoms with Gasteiger partial charge in [-0.1, -0.05) is 28.1 Å². The Bertz CT molecular complexity index is 577. The van der Waals surface area contributed by atoms with Crippen LogP contribution in [0.1, 0.15) is 11.7 Å². The monoisotopic (exact) mass is 387 g/mol. The molecule has 2 aromatic carbocycles. The van der Waals surface area contributed by atoms with Gasteiger partial charge in [0, 0.05) is 17.1 Å². The fourth-order valence-electron chi connectivity index (χ4n) is 1.68. The van der Waals surface area contributed by atoms with Crippen LogP contribution < -0.4 is 10.5 Å². The number of hydrogen-bond acceptors (Lipinski definition) is 2. The summed E-state index contributed by atoms with van der Waals surface area (Å²) in [6, 6.07) is 12.0. The van der Waals surface area contributed by atoms with Gasteiger partial charge in [-0.05, 0) is 45.8 Å². The highest BCUT2D eigenvalue weighted by molar-refractivity contribution is 9.10. The summed E-state index contributed by atoms with van der Waals surface area (Å²) < 4.78 is 20.7. The molecule has 1 atom stereocenters. The lowest BCUT2D eigenvalue weighted by Gasteiger charge is -2.19. The fraction of sp³-hybridized carbons (Fsp3) is 0.143. The zero-order valence-electron chi connectivity index (χ0n) is 9.95. The fourth-order valence-corrected chi connectivity index (χ4v) is 2.44. The molecular formula is C14H12Br2FNO. The van der Waals surface area contributed by atoms with Gasteiger partial charge in [-0.3, -0.25) is 0 Å². The second-order valence-electron chi connectivity index (χ2n) is 3.97. The zero-order chi connectivity index (χ0) is 13.8. The van der Waals surface area contributed by atoms with Crippen molar-refractivity contribution in [2.45, 2.75) is 6.10 Å². The van der Waals surface area contributed by atoms with Crippen molar-refractivity contribution in [3.05, 3.63) is 62.8 Å². The van der Waals surface area contributed by atoms with Crippen LogP contribution in [-0.4, -0.2) is 6.54 Å². The number of rotatable bonds is 4. The molecule has 2 nitrogen and oxygen atoms in total. The number of ether oxygens (including phenoxy) is 1. The second-order valence-corrected chi connectivity index (χ2v) is 5.74. The van der Waals surface area contributed by atoms with Gasteiger partial charge in [-0.2, -0.15) is 0 Å². The average molecular weight is 389 g/mol. The van der Waals surface area contributed by atoms with Crippen molar-refractivity contribution in [3.8, 4) is 5.75 Å². The Hall–Kier alpha value is -0.910. The largest absolute Gasteiger partial charge is 0.483 e. The number of nitrogens with two attached hydrogens (primary N) is 1. The van der Waals surface area contributed by atoms with Gasteiger partial charge in [0.2, 0.25) is 0 Å². The number of benzene rings is 2. The maximum absolute atomic E-state index is 13.2. The normalized spacial score (nSPS) is 12.2. The third-order valence-electron chi connectivity index (χ3n) is 2.60. The molecule has 2 aromatic rings. The Morgan fingerprint density at radius 3 is 2.63 bits per heavy atom. The smallest absolute Gasteiger partial charge is 0.137 e. The van der Waals surface area contributed by atoms with Crippen LogP contribution in [0.3, 0.4) is 0 Å². The van der Waals surface area contributed by atoms with E-state index in [2.05, 4.69) is 31.9 Å². The first-order valence-corrected chi connectivity index (χ1v) is 7.26. The Labute approximate surface area is 128 Å². The molecule has 1 unspecified atom stereocenters. The molecule has 0 aromatic heterocycles. The van der Waals surface area contributed by atoms with Crippen LogP contribution in [0.15, 0.2) is 51.4 Å². The second kappa shape index (κ2) is 6.50. The van der Waals surface area contributed by atoms with E-state index in [1.54, 1.807) is 6.07 Å². The summed E-state index contributed by atoms with van der Waals surface area (Å²) in [7, 11) is 0. The van der Waals surface area contributed by atoms with E-state index in [1.807, 2.05) is 24.3 Å². The van der Waals surface area contributed by atoms with Crippen LogP contribution in [0, 0.1) is 5.82 Å². The molecule has 0 spiro atoms. The van der Waals surface area contributed by atoms with Crippen molar-refractivity contribution in [2.75, 3.05) is 6.54 Å². The van der Waals surface area contributed by atoms with Crippen molar-refractivity contribution in [3.63, 3.8) is 0 Å². The summed E-state index contributed by atoms with van der Waals surface area (Å²) in [5.41, 5.74) is 6.68. The van der Waals surface area contributed by atoms with Gasteiger partial charge in [-0.25, -0.2) is 4.39 Å². The predicted molar refractivity (Wildman–Crippen MR) is 80.7 cm³/mol. The van der Waals surface area contributed by atoms with Crippen LogP contribution in [0.25, 0.3) is 0 Å². The maximum Gasteiger partial charge on any atom is 0.137 e. The van der Waals surface area contributed by atoms with Gasteiger partial charge >= 0.3 is 0 Å². The van der Waals surface area contributed by atoms with E-state index in [-0.39, 0.29) is 11.9 Å². The van der Waals surface area contributed by atoms with Crippen molar-refractivity contribution in [1.82, 2.24) is 0 Å². The van der Waals surface area contributed by atoms with Crippen LogP contribution in [0.4, 0.5) is 4.39 Å². The molecule has 0 aliphatic rings. The maximum atomic E-state index is 13.2. The molecule has 0 heterocycles. The Morgan fingerprint density at radius 1 is 1.16 bits per heavy atom. The summed E-state index contributed by atoms with van der Waals surface area (Å²) in [5.74, 6) is 0.0960. The van der Waals surface area contributed by atoms with E-state index in [1.165, 1.54) is 12.1 Å². The van der Waals surface area contributed by atoms with E-state index in [9.17, 15) is 4.39 Å². The zero-order valence-corrected chi connectivity index (χ0v) is 13.1. The molecule has 0 aliphatic carbocycles. The third-order valence-corrected chi connectivity index (χ3v) is 3.75. The van der Waals surface area contributed by atoms with Gasteiger partial charge in [0.15, 0.2) is 0 Å². The van der Waals surface area contributed by atoms with Gasteiger partial charge in [-0.15, -0.1) is 0 Å². The van der Waals surface area contributed by atoms with E-state index in [0.29, 0.717) is 16.8 Å². The lowest BCUT2D eigenvalue weighted by Crippen LogP contribution is -2.18. The van der Waals surface area contributed by atoms with Gasteiger partial charge in [0.05, 0.1) is 4.47 Å². The molecule has 0 bridgehead atoms. The Kier molecular flexibility index (Phi) is 4.96. The first kappa shape index (κ1) is 14.5. The van der Waals surface area contributed by atoms with E-state index in [4.69, 9.17) is 10.5 Å². The van der Waals surface area contributed by atoms with E-state index in [0.717, 1.165) is 10.0 Å². The van der Waals surface area contributed by atoms with E-state index >= 15 is 0 Å². The molecule has 2 rings (SSSR count). The van der Waals surface area contributed by atoms with Gasteiger partial charge < -0.3 is 10.5 Å². The highest BCUT2D eigenvalue weighted by atomic mass is 79.9. The Balaban J connectivity index is 2.26.